The topological polar surface area (TPSA) is 16.1 Å². The lowest BCUT2D eigenvalue weighted by atomic mass is 10.0. The molecule has 1 heterocycles. The Labute approximate surface area is 125 Å². The molecule has 0 unspecified atom stereocenters. The number of halogens is 1. The fourth-order valence-corrected chi connectivity index (χ4v) is 2.45. The molecular weight excluding hydrogens is 268 g/mol. The maximum atomic E-state index is 5.97. The highest BCUT2D eigenvalue weighted by atomic mass is 35.5. The Balaban J connectivity index is 2.39. The molecule has 0 aliphatic rings. The molecular formula is C17H19ClN2. The predicted molar refractivity (Wildman–Crippen MR) is 87.2 cm³/mol. The second-order valence-corrected chi connectivity index (χ2v) is 5.20. The van der Waals surface area contributed by atoms with E-state index in [2.05, 4.69) is 42.4 Å². The molecule has 1 aromatic heterocycles. The summed E-state index contributed by atoms with van der Waals surface area (Å²) in [4.78, 5) is 6.26. The minimum Gasteiger partial charge on any atom is -0.343 e. The van der Waals surface area contributed by atoms with Crippen molar-refractivity contribution in [2.75, 3.05) is 11.9 Å². The Kier molecular flexibility index (Phi) is 4.46. The van der Waals surface area contributed by atoms with Crippen molar-refractivity contribution in [2.45, 2.75) is 20.3 Å². The molecule has 0 amide bonds. The van der Waals surface area contributed by atoms with Gasteiger partial charge in [0.2, 0.25) is 0 Å². The van der Waals surface area contributed by atoms with Gasteiger partial charge in [-0.25, -0.2) is 4.98 Å². The molecule has 0 N–H and O–H groups in total. The van der Waals surface area contributed by atoms with Crippen LogP contribution in [0, 0.1) is 6.92 Å². The van der Waals surface area contributed by atoms with Gasteiger partial charge in [0, 0.05) is 18.3 Å². The number of pyridine rings is 1. The van der Waals surface area contributed by atoms with E-state index < -0.39 is 0 Å². The SMILES string of the molecule is C=C(c1ccccc1C)N(C)c1cnc(Cl)cc1CC. The molecule has 20 heavy (non-hydrogen) atoms. The molecule has 2 aromatic rings. The predicted octanol–water partition coefficient (Wildman–Crippen LogP) is 4.71. The van der Waals surface area contributed by atoms with Crippen molar-refractivity contribution in [3.8, 4) is 0 Å². The summed E-state index contributed by atoms with van der Waals surface area (Å²) in [6.45, 7) is 8.43. The molecule has 0 fully saturated rings. The van der Waals surface area contributed by atoms with Gasteiger partial charge in [0.1, 0.15) is 5.15 Å². The van der Waals surface area contributed by atoms with Crippen molar-refractivity contribution in [3.63, 3.8) is 0 Å². The zero-order valence-corrected chi connectivity index (χ0v) is 12.9. The number of benzene rings is 1. The summed E-state index contributed by atoms with van der Waals surface area (Å²) in [6, 6.07) is 10.2. The fraction of sp³-hybridized carbons (Fsp3) is 0.235. The van der Waals surface area contributed by atoms with Crippen LogP contribution in [0.1, 0.15) is 23.6 Å². The zero-order valence-electron chi connectivity index (χ0n) is 12.2. The van der Waals surface area contributed by atoms with Crippen LogP contribution in [-0.2, 0) is 6.42 Å². The third-order valence-electron chi connectivity index (χ3n) is 3.54. The van der Waals surface area contributed by atoms with Crippen molar-refractivity contribution >= 4 is 23.0 Å². The molecule has 0 bridgehead atoms. The van der Waals surface area contributed by atoms with Crippen molar-refractivity contribution in [1.82, 2.24) is 4.98 Å². The van der Waals surface area contributed by atoms with E-state index >= 15 is 0 Å². The molecule has 0 spiro atoms. The van der Waals surface area contributed by atoms with Crippen LogP contribution in [0.2, 0.25) is 5.15 Å². The number of rotatable bonds is 4. The average molecular weight is 287 g/mol. The van der Waals surface area contributed by atoms with Crippen LogP contribution in [0.4, 0.5) is 5.69 Å². The molecule has 3 heteroatoms. The molecule has 0 atom stereocenters. The summed E-state index contributed by atoms with van der Waals surface area (Å²) in [5.74, 6) is 0. The highest BCUT2D eigenvalue weighted by Crippen LogP contribution is 2.29. The molecule has 1 aromatic carbocycles. The zero-order chi connectivity index (χ0) is 14.7. The summed E-state index contributed by atoms with van der Waals surface area (Å²) >= 11 is 5.97. The van der Waals surface area contributed by atoms with Crippen molar-refractivity contribution < 1.29 is 0 Å². The smallest absolute Gasteiger partial charge is 0.129 e. The summed E-state index contributed by atoms with van der Waals surface area (Å²) in [5, 5.41) is 0.528. The molecule has 0 saturated carbocycles. The van der Waals surface area contributed by atoms with Gasteiger partial charge < -0.3 is 4.90 Å². The van der Waals surface area contributed by atoms with Gasteiger partial charge in [-0.3, -0.25) is 0 Å². The van der Waals surface area contributed by atoms with E-state index in [0.29, 0.717) is 5.15 Å². The van der Waals surface area contributed by atoms with Crippen LogP contribution in [-0.4, -0.2) is 12.0 Å². The monoisotopic (exact) mass is 286 g/mol. The van der Waals surface area contributed by atoms with E-state index in [0.717, 1.165) is 23.4 Å². The van der Waals surface area contributed by atoms with Crippen molar-refractivity contribution in [3.05, 3.63) is 65.0 Å². The third kappa shape index (κ3) is 2.86. The molecule has 0 aliphatic carbocycles. The van der Waals surface area contributed by atoms with E-state index in [-0.39, 0.29) is 0 Å². The molecule has 0 saturated heterocycles. The van der Waals surface area contributed by atoms with Crippen LogP contribution in [0.3, 0.4) is 0 Å². The molecule has 0 radical (unpaired) electrons. The lowest BCUT2D eigenvalue weighted by Gasteiger charge is -2.25. The first-order valence-electron chi connectivity index (χ1n) is 6.67. The summed E-state index contributed by atoms with van der Waals surface area (Å²) in [7, 11) is 2.01. The summed E-state index contributed by atoms with van der Waals surface area (Å²) in [6.07, 6.45) is 2.72. The average Bonchev–Trinajstić information content (AvgIpc) is 2.46. The summed E-state index contributed by atoms with van der Waals surface area (Å²) < 4.78 is 0. The normalized spacial score (nSPS) is 10.4. The summed E-state index contributed by atoms with van der Waals surface area (Å²) in [5.41, 5.74) is 5.53. The highest BCUT2D eigenvalue weighted by molar-refractivity contribution is 6.29. The van der Waals surface area contributed by atoms with Crippen molar-refractivity contribution in [1.29, 1.82) is 0 Å². The van der Waals surface area contributed by atoms with Gasteiger partial charge in [-0.1, -0.05) is 49.4 Å². The highest BCUT2D eigenvalue weighted by Gasteiger charge is 2.13. The Bertz CT molecular complexity index is 635. The Hall–Kier alpha value is -1.80. The number of anilines is 1. The first-order valence-corrected chi connectivity index (χ1v) is 7.05. The molecule has 104 valence electrons. The van der Waals surface area contributed by atoms with Gasteiger partial charge in [-0.15, -0.1) is 0 Å². The maximum absolute atomic E-state index is 5.97. The molecule has 0 aliphatic heterocycles. The number of aromatic nitrogens is 1. The van der Waals surface area contributed by atoms with Crippen LogP contribution < -0.4 is 4.90 Å². The number of nitrogens with zero attached hydrogens (tertiary/aromatic N) is 2. The Morgan fingerprint density at radius 3 is 2.70 bits per heavy atom. The van der Waals surface area contributed by atoms with E-state index in [1.807, 2.05) is 31.4 Å². The van der Waals surface area contributed by atoms with Crippen LogP contribution >= 0.6 is 11.6 Å². The first-order chi connectivity index (χ1) is 9.54. The van der Waals surface area contributed by atoms with Gasteiger partial charge in [0.15, 0.2) is 0 Å². The quantitative estimate of drug-likeness (QED) is 0.757. The Morgan fingerprint density at radius 1 is 1.35 bits per heavy atom. The van der Waals surface area contributed by atoms with Crippen LogP contribution in [0.5, 0.6) is 0 Å². The fourth-order valence-electron chi connectivity index (χ4n) is 2.27. The lowest BCUT2D eigenvalue weighted by Crippen LogP contribution is -2.17. The Morgan fingerprint density at radius 2 is 2.05 bits per heavy atom. The standard InChI is InChI=1S/C17H19ClN2/c1-5-14-10-17(18)19-11-16(14)20(4)13(3)15-9-7-6-8-12(15)2/h6-11H,3,5H2,1-2,4H3. The van der Waals surface area contributed by atoms with Crippen molar-refractivity contribution in [2.24, 2.45) is 0 Å². The second-order valence-electron chi connectivity index (χ2n) is 4.81. The van der Waals surface area contributed by atoms with E-state index in [9.17, 15) is 0 Å². The van der Waals surface area contributed by atoms with Crippen LogP contribution in [0.25, 0.3) is 5.70 Å². The van der Waals surface area contributed by atoms with Gasteiger partial charge in [-0.2, -0.15) is 0 Å². The van der Waals surface area contributed by atoms with Gasteiger partial charge >= 0.3 is 0 Å². The largest absolute Gasteiger partial charge is 0.343 e. The minimum absolute atomic E-state index is 0.528. The van der Waals surface area contributed by atoms with E-state index in [1.54, 1.807) is 0 Å². The van der Waals surface area contributed by atoms with Gasteiger partial charge in [0.25, 0.3) is 0 Å². The van der Waals surface area contributed by atoms with E-state index in [1.165, 1.54) is 11.1 Å². The van der Waals surface area contributed by atoms with Crippen LogP contribution in [0.15, 0.2) is 43.1 Å². The third-order valence-corrected chi connectivity index (χ3v) is 3.74. The number of hydrogen-bond acceptors (Lipinski definition) is 2. The van der Waals surface area contributed by atoms with Gasteiger partial charge in [0.05, 0.1) is 11.9 Å². The van der Waals surface area contributed by atoms with Gasteiger partial charge in [-0.05, 0) is 30.5 Å². The second kappa shape index (κ2) is 6.10. The van der Waals surface area contributed by atoms with E-state index in [4.69, 9.17) is 11.6 Å². The lowest BCUT2D eigenvalue weighted by molar-refractivity contribution is 1.07. The number of hydrogen-bond donors (Lipinski definition) is 0. The maximum Gasteiger partial charge on any atom is 0.129 e. The first kappa shape index (κ1) is 14.6. The minimum atomic E-state index is 0.528. The molecule has 2 rings (SSSR count). The number of aryl methyl sites for hydroxylation is 2. The molecule has 2 nitrogen and oxygen atoms in total.